The molecule has 2 aliphatic heterocycles. The first-order valence-electron chi connectivity index (χ1n) is 10.0. The van der Waals surface area contributed by atoms with Crippen LogP contribution in [0, 0.1) is 0 Å². The molecule has 0 aromatic rings. The highest BCUT2D eigenvalue weighted by atomic mass is 16.7. The highest BCUT2D eigenvalue weighted by Crippen LogP contribution is 2.15. The van der Waals surface area contributed by atoms with E-state index in [1.54, 1.807) is 0 Å². The van der Waals surface area contributed by atoms with Crippen LogP contribution in [-0.4, -0.2) is 73.9 Å². The average Bonchev–Trinajstić information content (AvgIpc) is 3.39. The lowest BCUT2D eigenvalue weighted by Gasteiger charge is -2.32. The molecule has 0 saturated carbocycles. The molecule has 0 aliphatic carbocycles. The summed E-state index contributed by atoms with van der Waals surface area (Å²) in [5.41, 5.74) is 0.578. The molecule has 2 unspecified atom stereocenters. The summed E-state index contributed by atoms with van der Waals surface area (Å²) in [4.78, 5) is 41.6. The molecule has 0 spiro atoms. The first-order valence-corrected chi connectivity index (χ1v) is 10.0. The van der Waals surface area contributed by atoms with Gasteiger partial charge in [-0.3, -0.25) is 26.1 Å². The van der Waals surface area contributed by atoms with Gasteiger partial charge in [-0.2, -0.15) is 5.48 Å². The van der Waals surface area contributed by atoms with E-state index >= 15 is 0 Å². The van der Waals surface area contributed by atoms with Gasteiger partial charge in [-0.1, -0.05) is 6.92 Å². The second-order valence-corrected chi connectivity index (χ2v) is 7.02. The number of hydrogen-bond donors (Lipinski definition) is 7. The van der Waals surface area contributed by atoms with Crippen LogP contribution in [-0.2, 0) is 19.2 Å². The fourth-order valence-electron chi connectivity index (χ4n) is 3.06. The Bertz CT molecular complexity index is 553. The number of rotatable bonds is 12. The molecule has 2 amide bonds. The first-order chi connectivity index (χ1) is 14.0. The van der Waals surface area contributed by atoms with Crippen LogP contribution in [0.5, 0.6) is 0 Å². The molecule has 0 aromatic heterocycles. The quantitative estimate of drug-likeness (QED) is 0.148. The number of hydrogen-bond acceptors (Lipinski definition) is 9. The predicted octanol–water partition coefficient (Wildman–Crippen LogP) is -1.45. The van der Waals surface area contributed by atoms with Gasteiger partial charge in [0, 0.05) is 19.5 Å². The maximum absolute atomic E-state index is 12.5. The van der Waals surface area contributed by atoms with Crippen molar-refractivity contribution in [3.05, 3.63) is 0 Å². The summed E-state index contributed by atoms with van der Waals surface area (Å²) in [5, 5.41) is 24.4. The van der Waals surface area contributed by atoms with Crippen molar-refractivity contribution in [3.8, 4) is 0 Å². The van der Waals surface area contributed by atoms with E-state index in [0.717, 1.165) is 13.1 Å². The third-order valence-electron chi connectivity index (χ3n) is 4.65. The lowest BCUT2D eigenvalue weighted by molar-refractivity contribution is -0.150. The van der Waals surface area contributed by atoms with Crippen LogP contribution in [0.15, 0.2) is 0 Å². The maximum Gasteiger partial charge on any atom is 0.409 e. The van der Waals surface area contributed by atoms with Crippen LogP contribution in [0.2, 0.25) is 0 Å². The Morgan fingerprint density at radius 3 is 2.59 bits per heavy atom. The molecule has 166 valence electrons. The average molecular weight is 416 g/mol. The van der Waals surface area contributed by atoms with E-state index in [-0.39, 0.29) is 19.3 Å². The zero-order chi connectivity index (χ0) is 21.1. The van der Waals surface area contributed by atoms with Crippen molar-refractivity contribution in [1.29, 1.82) is 0 Å². The van der Waals surface area contributed by atoms with E-state index in [4.69, 9.17) is 9.57 Å². The second-order valence-electron chi connectivity index (χ2n) is 7.02. The predicted molar refractivity (Wildman–Crippen MR) is 102 cm³/mol. The minimum Gasteiger partial charge on any atom is -0.478 e. The second kappa shape index (κ2) is 11.9. The number of carboxylic acids is 1. The number of carboxylic acid groups (broad SMARTS) is 1. The fourth-order valence-corrected chi connectivity index (χ4v) is 3.06. The van der Waals surface area contributed by atoms with Crippen molar-refractivity contribution < 1.29 is 29.1 Å². The zero-order valence-corrected chi connectivity index (χ0v) is 16.7. The minimum absolute atomic E-state index is 0.01000. The van der Waals surface area contributed by atoms with Gasteiger partial charge in [0.25, 0.3) is 0 Å². The Morgan fingerprint density at radius 2 is 1.97 bits per heavy atom. The van der Waals surface area contributed by atoms with Crippen LogP contribution in [0.1, 0.15) is 39.0 Å². The van der Waals surface area contributed by atoms with E-state index in [9.17, 15) is 19.5 Å². The third kappa shape index (κ3) is 7.40. The number of carbonyl (C=O) groups excluding carboxylic acids is 2. The summed E-state index contributed by atoms with van der Waals surface area (Å²) in [6.45, 7) is 4.74. The molecular formula is C17H32N6O6. The van der Waals surface area contributed by atoms with Gasteiger partial charge in [0.2, 0.25) is 11.6 Å². The van der Waals surface area contributed by atoms with E-state index in [0.29, 0.717) is 38.8 Å². The highest BCUT2D eigenvalue weighted by Gasteiger charge is 2.43. The molecular weight excluding hydrogens is 384 g/mol. The largest absolute Gasteiger partial charge is 0.478 e. The normalized spacial score (nSPS) is 21.5. The Kier molecular flexibility index (Phi) is 9.54. The summed E-state index contributed by atoms with van der Waals surface area (Å²) in [5.74, 6) is -1.91. The van der Waals surface area contributed by atoms with E-state index in [1.807, 2.05) is 6.92 Å². The molecule has 29 heavy (non-hydrogen) atoms. The molecule has 7 N–H and O–H groups in total. The minimum atomic E-state index is -1.96. The molecule has 0 radical (unpaired) electrons. The van der Waals surface area contributed by atoms with Crippen LogP contribution < -0.4 is 32.1 Å². The number of amides is 2. The van der Waals surface area contributed by atoms with Gasteiger partial charge in [0.05, 0.1) is 13.2 Å². The number of nitrogens with one attached hydrogen (secondary N) is 6. The summed E-state index contributed by atoms with van der Waals surface area (Å²) in [6, 6.07) is -0.677. The smallest absolute Gasteiger partial charge is 0.409 e. The molecule has 2 heterocycles. The number of carbonyl (C=O) groups is 3. The van der Waals surface area contributed by atoms with Gasteiger partial charge in [0.15, 0.2) is 0 Å². The lowest BCUT2D eigenvalue weighted by Crippen LogP contribution is -2.67. The molecule has 2 rings (SSSR count). The van der Waals surface area contributed by atoms with E-state index in [1.165, 1.54) is 0 Å². The van der Waals surface area contributed by atoms with Crippen molar-refractivity contribution in [2.45, 2.75) is 57.0 Å². The SMILES string of the molecule is CCCOC(=O)NC(CCCCNC1NCCN1)(NC(=O)C1CCON1)C(=O)O. The van der Waals surface area contributed by atoms with Crippen LogP contribution in [0.4, 0.5) is 4.79 Å². The summed E-state index contributed by atoms with van der Waals surface area (Å²) < 4.78 is 4.97. The van der Waals surface area contributed by atoms with Crippen molar-refractivity contribution in [1.82, 2.24) is 32.1 Å². The maximum atomic E-state index is 12.5. The molecule has 12 heteroatoms. The topological polar surface area (TPSA) is 162 Å². The number of ether oxygens (including phenoxy) is 1. The van der Waals surface area contributed by atoms with Gasteiger partial charge in [-0.25, -0.2) is 9.59 Å². The Morgan fingerprint density at radius 1 is 1.21 bits per heavy atom. The van der Waals surface area contributed by atoms with Gasteiger partial charge in [-0.15, -0.1) is 0 Å². The van der Waals surface area contributed by atoms with Crippen LogP contribution >= 0.6 is 0 Å². The monoisotopic (exact) mass is 416 g/mol. The molecule has 0 bridgehead atoms. The highest BCUT2D eigenvalue weighted by molar-refractivity contribution is 5.91. The van der Waals surface area contributed by atoms with E-state index in [2.05, 4.69) is 32.1 Å². The first kappa shape index (κ1) is 23.3. The molecule has 2 atom stereocenters. The fraction of sp³-hybridized carbons (Fsp3) is 0.824. The van der Waals surface area contributed by atoms with Crippen molar-refractivity contribution in [3.63, 3.8) is 0 Å². The third-order valence-corrected chi connectivity index (χ3v) is 4.65. The Hall–Kier alpha value is -1.99. The van der Waals surface area contributed by atoms with Crippen molar-refractivity contribution in [2.75, 3.05) is 32.8 Å². The van der Waals surface area contributed by atoms with Gasteiger partial charge in [-0.05, 0) is 32.2 Å². The van der Waals surface area contributed by atoms with Crippen molar-refractivity contribution in [2.24, 2.45) is 0 Å². The van der Waals surface area contributed by atoms with E-state index < -0.39 is 29.7 Å². The lowest BCUT2D eigenvalue weighted by atomic mass is 10.0. The summed E-state index contributed by atoms with van der Waals surface area (Å²) in [7, 11) is 0. The van der Waals surface area contributed by atoms with Crippen LogP contribution in [0.25, 0.3) is 0 Å². The zero-order valence-electron chi connectivity index (χ0n) is 16.7. The van der Waals surface area contributed by atoms with Crippen LogP contribution in [0.3, 0.4) is 0 Å². The Balaban J connectivity index is 1.95. The van der Waals surface area contributed by atoms with Gasteiger partial charge in [0.1, 0.15) is 12.3 Å². The molecule has 0 aromatic carbocycles. The number of aliphatic carboxylic acids is 1. The van der Waals surface area contributed by atoms with Gasteiger partial charge < -0.3 is 20.0 Å². The number of alkyl carbamates (subject to hydrolysis) is 1. The molecule has 2 saturated heterocycles. The Labute approximate surface area is 169 Å². The standard InChI is InChI=1S/C17H32N6O6/c1-2-10-28-16(27)22-17(14(25)26,21-13(24)12-5-11-29-23-12)6-3-4-7-18-15-19-8-9-20-15/h12,15,18-20,23H,2-11H2,1H3,(H,21,24)(H,22,27)(H,25,26). The number of unbranched alkanes of at least 4 members (excludes halogenated alkanes) is 1. The van der Waals surface area contributed by atoms with Gasteiger partial charge >= 0.3 is 12.1 Å². The molecule has 2 aliphatic rings. The number of hydroxylamine groups is 1. The summed E-state index contributed by atoms with van der Waals surface area (Å²) >= 11 is 0. The molecule has 2 fully saturated rings. The summed E-state index contributed by atoms with van der Waals surface area (Å²) in [6.07, 6.45) is 1.27. The van der Waals surface area contributed by atoms with Crippen molar-refractivity contribution >= 4 is 18.0 Å². The molecule has 12 nitrogen and oxygen atoms in total.